The number of sulfonamides is 1. The average molecular weight is 690 g/mol. The molecule has 2 aromatic carbocycles. The minimum atomic E-state index is -3.57. The topological polar surface area (TPSA) is 46.2 Å². The van der Waals surface area contributed by atoms with Gasteiger partial charge in [-0.05, 0) is 104 Å². The summed E-state index contributed by atoms with van der Waals surface area (Å²) in [6.45, 7) is 0. The van der Waals surface area contributed by atoms with Crippen molar-refractivity contribution in [2.45, 2.75) is 4.90 Å². The molecule has 0 saturated heterocycles. The highest BCUT2D eigenvalue weighted by molar-refractivity contribution is 14.1. The first kappa shape index (κ1) is 17.2. The number of anilines is 1. The van der Waals surface area contributed by atoms with Crippen molar-refractivity contribution in [3.05, 3.63) is 51.6 Å². The normalized spacial score (nSPS) is 11.4. The second kappa shape index (κ2) is 6.96. The van der Waals surface area contributed by atoms with Crippen molar-refractivity contribution in [2.24, 2.45) is 0 Å². The van der Waals surface area contributed by atoms with Crippen molar-refractivity contribution in [2.75, 3.05) is 4.72 Å². The van der Waals surface area contributed by atoms with Crippen molar-refractivity contribution < 1.29 is 8.42 Å². The van der Waals surface area contributed by atoms with Gasteiger partial charge in [-0.2, -0.15) is 0 Å². The summed E-state index contributed by atoms with van der Waals surface area (Å²) in [7, 11) is -3.57. The fourth-order valence-corrected chi connectivity index (χ4v) is 7.03. The van der Waals surface area contributed by atoms with Crippen molar-refractivity contribution in [1.29, 1.82) is 0 Å². The number of nitrogens with one attached hydrogen (secondary N) is 1. The van der Waals surface area contributed by atoms with Crippen LogP contribution in [-0.2, 0) is 10.0 Å². The van der Waals surface area contributed by atoms with Crippen LogP contribution in [0.25, 0.3) is 0 Å². The number of hydrogen-bond acceptors (Lipinski definition) is 2. The van der Waals surface area contributed by atoms with Gasteiger partial charge in [0, 0.05) is 15.2 Å². The third-order valence-electron chi connectivity index (χ3n) is 2.37. The quantitative estimate of drug-likeness (QED) is 0.459. The van der Waals surface area contributed by atoms with Crippen LogP contribution in [0.4, 0.5) is 5.69 Å². The minimum absolute atomic E-state index is 0.242. The standard InChI is InChI=1S/C12H7BrI3NO2S/c13-7-1-3-9(4-2-7)20(18,19)17-12-10(15)5-8(14)6-11(12)16/h1-6,17H. The Bertz CT molecular complexity index is 725. The molecular weight excluding hydrogens is 683 g/mol. The zero-order chi connectivity index (χ0) is 14.9. The van der Waals surface area contributed by atoms with E-state index < -0.39 is 10.0 Å². The van der Waals surface area contributed by atoms with Crippen LogP contribution in [0.1, 0.15) is 0 Å². The van der Waals surface area contributed by atoms with Gasteiger partial charge in [-0.1, -0.05) is 15.9 Å². The van der Waals surface area contributed by atoms with Crippen LogP contribution in [0.2, 0.25) is 0 Å². The Morgan fingerprint density at radius 2 is 1.45 bits per heavy atom. The molecule has 8 heteroatoms. The van der Waals surface area contributed by atoms with Crippen LogP contribution in [0.5, 0.6) is 0 Å². The smallest absolute Gasteiger partial charge is 0.261 e. The average Bonchev–Trinajstić information content (AvgIpc) is 2.34. The maximum absolute atomic E-state index is 12.4. The molecule has 2 aromatic rings. The van der Waals surface area contributed by atoms with E-state index in [0.717, 1.165) is 15.2 Å². The van der Waals surface area contributed by atoms with Gasteiger partial charge in [0.2, 0.25) is 0 Å². The molecule has 2 rings (SSSR count). The highest BCUT2D eigenvalue weighted by atomic mass is 127. The molecule has 0 aliphatic rings. The lowest BCUT2D eigenvalue weighted by atomic mass is 10.3. The van der Waals surface area contributed by atoms with Gasteiger partial charge in [-0.15, -0.1) is 0 Å². The van der Waals surface area contributed by atoms with Gasteiger partial charge in [0.25, 0.3) is 10.0 Å². The van der Waals surface area contributed by atoms with Gasteiger partial charge in [0.15, 0.2) is 0 Å². The second-order valence-electron chi connectivity index (χ2n) is 3.80. The Labute approximate surface area is 166 Å². The van der Waals surface area contributed by atoms with Gasteiger partial charge >= 0.3 is 0 Å². The van der Waals surface area contributed by atoms with Gasteiger partial charge < -0.3 is 0 Å². The van der Waals surface area contributed by atoms with E-state index in [1.54, 1.807) is 24.3 Å². The predicted molar refractivity (Wildman–Crippen MR) is 110 cm³/mol. The van der Waals surface area contributed by atoms with Crippen molar-refractivity contribution in [1.82, 2.24) is 0 Å². The number of halogens is 4. The summed E-state index contributed by atoms with van der Waals surface area (Å²) in [5, 5.41) is 0. The van der Waals surface area contributed by atoms with E-state index in [2.05, 4.69) is 88.4 Å². The first-order valence-corrected chi connectivity index (χ1v) is 10.7. The van der Waals surface area contributed by atoms with E-state index in [4.69, 9.17) is 0 Å². The largest absolute Gasteiger partial charge is 0.277 e. The molecule has 0 amide bonds. The molecule has 0 radical (unpaired) electrons. The number of rotatable bonds is 3. The first-order chi connectivity index (χ1) is 9.29. The summed E-state index contributed by atoms with van der Waals surface area (Å²) < 4.78 is 31.1. The lowest BCUT2D eigenvalue weighted by Crippen LogP contribution is -2.14. The van der Waals surface area contributed by atoms with E-state index >= 15 is 0 Å². The van der Waals surface area contributed by atoms with Gasteiger partial charge in [0.05, 0.1) is 10.6 Å². The lowest BCUT2D eigenvalue weighted by molar-refractivity contribution is 0.601. The molecule has 0 aliphatic carbocycles. The van der Waals surface area contributed by atoms with E-state index in [1.807, 2.05) is 12.1 Å². The third kappa shape index (κ3) is 4.20. The van der Waals surface area contributed by atoms with Crippen LogP contribution in [0.3, 0.4) is 0 Å². The zero-order valence-electron chi connectivity index (χ0n) is 9.70. The summed E-state index contributed by atoms with van der Waals surface area (Å²) >= 11 is 9.76. The monoisotopic (exact) mass is 689 g/mol. The SMILES string of the molecule is O=S(=O)(Nc1c(I)cc(I)cc1I)c1ccc(Br)cc1. The number of hydrogen-bond donors (Lipinski definition) is 1. The summed E-state index contributed by atoms with van der Waals surface area (Å²) in [6.07, 6.45) is 0. The molecule has 0 bridgehead atoms. The fraction of sp³-hybridized carbons (Fsp3) is 0. The zero-order valence-corrected chi connectivity index (χ0v) is 18.6. The van der Waals surface area contributed by atoms with Crippen LogP contribution >= 0.6 is 83.7 Å². The Hall–Kier alpha value is 0.860. The number of benzene rings is 2. The summed E-state index contributed by atoms with van der Waals surface area (Å²) in [4.78, 5) is 0.242. The highest BCUT2D eigenvalue weighted by Crippen LogP contribution is 2.29. The molecule has 0 saturated carbocycles. The van der Waals surface area contributed by atoms with Crippen molar-refractivity contribution >= 4 is 99.4 Å². The Morgan fingerprint density at radius 1 is 0.950 bits per heavy atom. The summed E-state index contributed by atoms with van der Waals surface area (Å²) in [6, 6.07) is 10.4. The van der Waals surface area contributed by atoms with Crippen molar-refractivity contribution in [3.8, 4) is 0 Å². The van der Waals surface area contributed by atoms with E-state index in [1.165, 1.54) is 0 Å². The van der Waals surface area contributed by atoms with E-state index in [-0.39, 0.29) is 4.90 Å². The summed E-state index contributed by atoms with van der Waals surface area (Å²) in [5.41, 5.74) is 0.620. The van der Waals surface area contributed by atoms with Gasteiger partial charge in [0.1, 0.15) is 0 Å². The molecule has 1 N–H and O–H groups in total. The third-order valence-corrected chi connectivity index (χ3v) is 6.59. The highest BCUT2D eigenvalue weighted by Gasteiger charge is 2.17. The molecule has 0 aromatic heterocycles. The molecule has 0 aliphatic heterocycles. The molecule has 0 atom stereocenters. The van der Waals surface area contributed by atoms with E-state index in [0.29, 0.717) is 5.69 Å². The van der Waals surface area contributed by atoms with Gasteiger partial charge in [-0.25, -0.2) is 8.42 Å². The molecule has 20 heavy (non-hydrogen) atoms. The molecule has 0 unspecified atom stereocenters. The minimum Gasteiger partial charge on any atom is -0.277 e. The maximum atomic E-state index is 12.4. The van der Waals surface area contributed by atoms with Crippen LogP contribution in [-0.4, -0.2) is 8.42 Å². The fourth-order valence-electron chi connectivity index (χ4n) is 1.45. The Morgan fingerprint density at radius 3 is 1.95 bits per heavy atom. The maximum Gasteiger partial charge on any atom is 0.261 e. The first-order valence-electron chi connectivity index (χ1n) is 5.22. The van der Waals surface area contributed by atoms with Crippen LogP contribution in [0, 0.1) is 10.7 Å². The second-order valence-corrected chi connectivity index (χ2v) is 9.97. The molecule has 106 valence electrons. The lowest BCUT2D eigenvalue weighted by Gasteiger charge is -2.12. The van der Waals surface area contributed by atoms with E-state index in [9.17, 15) is 8.42 Å². The van der Waals surface area contributed by atoms with Crippen LogP contribution < -0.4 is 4.72 Å². The molecular formula is C12H7BrI3NO2S. The molecule has 0 fully saturated rings. The Balaban J connectivity index is 2.41. The molecule has 0 spiro atoms. The van der Waals surface area contributed by atoms with Crippen LogP contribution in [0.15, 0.2) is 45.8 Å². The predicted octanol–water partition coefficient (Wildman–Crippen LogP) is 5.06. The summed E-state index contributed by atoms with van der Waals surface area (Å²) in [5.74, 6) is 0. The van der Waals surface area contributed by atoms with Crippen molar-refractivity contribution in [3.63, 3.8) is 0 Å². The molecule has 0 heterocycles. The van der Waals surface area contributed by atoms with Gasteiger partial charge in [-0.3, -0.25) is 4.72 Å². The molecule has 3 nitrogen and oxygen atoms in total. The Kier molecular flexibility index (Phi) is 5.99.